The number of benzene rings is 1. The van der Waals surface area contributed by atoms with Crippen LogP contribution in [0.25, 0.3) is 0 Å². The van der Waals surface area contributed by atoms with E-state index in [-0.39, 0.29) is 6.42 Å². The standard InChI is InChI=1S/C20H23NO3S/c22-20(23)13-10-15-8-11-17(12-9-15)24-14-16-4-3-7-19(21-16)25-18-5-1-2-6-18/h3-4,7-9,11-12,18H,1-2,5-6,10,13-14H2,(H,22,23). The van der Waals surface area contributed by atoms with E-state index in [2.05, 4.69) is 6.07 Å². The normalized spacial score (nSPS) is 14.6. The molecule has 1 N–H and O–H groups in total. The van der Waals surface area contributed by atoms with Crippen LogP contribution in [0.3, 0.4) is 0 Å². The molecule has 1 aliphatic rings. The van der Waals surface area contributed by atoms with Crippen molar-refractivity contribution in [3.8, 4) is 5.75 Å². The molecule has 0 bridgehead atoms. The molecule has 4 nitrogen and oxygen atoms in total. The second kappa shape index (κ2) is 8.90. The van der Waals surface area contributed by atoms with E-state index in [1.54, 1.807) is 0 Å². The van der Waals surface area contributed by atoms with E-state index in [0.29, 0.717) is 18.3 Å². The molecule has 25 heavy (non-hydrogen) atoms. The number of thioether (sulfide) groups is 1. The SMILES string of the molecule is O=C(O)CCc1ccc(OCc2cccc(SC3CCCC3)n2)cc1. The van der Waals surface area contributed by atoms with Gasteiger partial charge in [0.05, 0.1) is 10.7 Å². The van der Waals surface area contributed by atoms with E-state index in [4.69, 9.17) is 14.8 Å². The van der Waals surface area contributed by atoms with Gasteiger partial charge in [0.2, 0.25) is 0 Å². The van der Waals surface area contributed by atoms with Gasteiger partial charge >= 0.3 is 5.97 Å². The molecule has 0 unspecified atom stereocenters. The minimum atomic E-state index is -0.776. The number of nitrogens with zero attached hydrogens (tertiary/aromatic N) is 1. The first-order valence-corrected chi connectivity index (χ1v) is 9.63. The molecule has 1 heterocycles. The number of carboxylic acid groups (broad SMARTS) is 1. The third-order valence-corrected chi connectivity index (χ3v) is 5.58. The van der Waals surface area contributed by atoms with Crippen molar-refractivity contribution in [1.82, 2.24) is 4.98 Å². The van der Waals surface area contributed by atoms with Crippen molar-refractivity contribution >= 4 is 17.7 Å². The lowest BCUT2D eigenvalue weighted by molar-refractivity contribution is -0.136. The second-order valence-corrected chi connectivity index (χ2v) is 7.64. The van der Waals surface area contributed by atoms with Gasteiger partial charge in [-0.3, -0.25) is 4.79 Å². The molecule has 0 aliphatic heterocycles. The molecule has 0 radical (unpaired) electrons. The Balaban J connectivity index is 1.51. The molecule has 5 heteroatoms. The molecule has 1 aliphatic carbocycles. The molecular weight excluding hydrogens is 334 g/mol. The lowest BCUT2D eigenvalue weighted by atomic mass is 10.1. The summed E-state index contributed by atoms with van der Waals surface area (Å²) < 4.78 is 5.81. The molecule has 1 fully saturated rings. The number of carboxylic acids is 1. The Morgan fingerprint density at radius 1 is 1.16 bits per heavy atom. The molecule has 1 aromatic carbocycles. The minimum Gasteiger partial charge on any atom is -0.487 e. The highest BCUT2D eigenvalue weighted by molar-refractivity contribution is 7.99. The van der Waals surface area contributed by atoms with Crippen molar-refractivity contribution in [3.05, 3.63) is 53.7 Å². The van der Waals surface area contributed by atoms with Gasteiger partial charge < -0.3 is 9.84 Å². The van der Waals surface area contributed by atoms with Crippen LogP contribution in [0, 0.1) is 0 Å². The van der Waals surface area contributed by atoms with Gasteiger partial charge in [-0.2, -0.15) is 0 Å². The van der Waals surface area contributed by atoms with Gasteiger partial charge in [0.25, 0.3) is 0 Å². The number of aliphatic carboxylic acids is 1. The summed E-state index contributed by atoms with van der Waals surface area (Å²) in [4.78, 5) is 15.3. The van der Waals surface area contributed by atoms with Crippen LogP contribution in [0.2, 0.25) is 0 Å². The summed E-state index contributed by atoms with van der Waals surface area (Å²) in [7, 11) is 0. The fraction of sp³-hybridized carbons (Fsp3) is 0.400. The number of hydrogen-bond donors (Lipinski definition) is 1. The highest BCUT2D eigenvalue weighted by Gasteiger charge is 2.16. The maximum Gasteiger partial charge on any atom is 0.303 e. The van der Waals surface area contributed by atoms with Crippen molar-refractivity contribution in [3.63, 3.8) is 0 Å². The van der Waals surface area contributed by atoms with Crippen LogP contribution in [0.15, 0.2) is 47.5 Å². The van der Waals surface area contributed by atoms with Gasteiger partial charge in [-0.1, -0.05) is 31.0 Å². The first-order chi connectivity index (χ1) is 12.2. The topological polar surface area (TPSA) is 59.4 Å². The zero-order valence-corrected chi connectivity index (χ0v) is 15.0. The molecule has 132 valence electrons. The number of aryl methyl sites for hydroxylation is 1. The van der Waals surface area contributed by atoms with E-state index in [0.717, 1.165) is 22.0 Å². The van der Waals surface area contributed by atoms with Crippen molar-refractivity contribution < 1.29 is 14.6 Å². The van der Waals surface area contributed by atoms with E-state index >= 15 is 0 Å². The highest BCUT2D eigenvalue weighted by atomic mass is 32.2. The summed E-state index contributed by atoms with van der Waals surface area (Å²) in [5, 5.41) is 10.5. The number of rotatable bonds is 8. The summed E-state index contributed by atoms with van der Waals surface area (Å²) in [6, 6.07) is 13.7. The van der Waals surface area contributed by atoms with Crippen LogP contribution in [0.1, 0.15) is 43.4 Å². The van der Waals surface area contributed by atoms with Crippen LogP contribution >= 0.6 is 11.8 Å². The molecule has 0 saturated heterocycles. The molecule has 3 rings (SSSR count). The summed E-state index contributed by atoms with van der Waals surface area (Å²) in [5.41, 5.74) is 1.93. The van der Waals surface area contributed by atoms with Crippen molar-refractivity contribution in [1.29, 1.82) is 0 Å². The smallest absolute Gasteiger partial charge is 0.303 e. The van der Waals surface area contributed by atoms with E-state index in [9.17, 15) is 4.79 Å². The van der Waals surface area contributed by atoms with Crippen LogP contribution in [-0.4, -0.2) is 21.3 Å². The lowest BCUT2D eigenvalue weighted by Crippen LogP contribution is -2.01. The molecule has 0 amide bonds. The fourth-order valence-electron chi connectivity index (χ4n) is 2.94. The summed E-state index contributed by atoms with van der Waals surface area (Å²) in [6.45, 7) is 0.438. The molecule has 1 aromatic heterocycles. The number of aromatic nitrogens is 1. The van der Waals surface area contributed by atoms with Crippen LogP contribution in [-0.2, 0) is 17.8 Å². The van der Waals surface area contributed by atoms with Crippen LogP contribution < -0.4 is 4.74 Å². The molecule has 2 aromatic rings. The third-order valence-electron chi connectivity index (χ3n) is 4.31. The Morgan fingerprint density at radius 3 is 2.64 bits per heavy atom. The first-order valence-electron chi connectivity index (χ1n) is 8.75. The Kier molecular flexibility index (Phi) is 6.34. The second-order valence-electron chi connectivity index (χ2n) is 6.32. The average molecular weight is 357 g/mol. The van der Waals surface area contributed by atoms with Crippen LogP contribution in [0.4, 0.5) is 0 Å². The highest BCUT2D eigenvalue weighted by Crippen LogP contribution is 2.33. The fourth-order valence-corrected chi connectivity index (χ4v) is 4.18. The van der Waals surface area contributed by atoms with E-state index in [1.165, 1.54) is 25.7 Å². The Morgan fingerprint density at radius 2 is 1.92 bits per heavy atom. The minimum absolute atomic E-state index is 0.148. The quantitative estimate of drug-likeness (QED) is 0.741. The average Bonchev–Trinajstić information content (AvgIpc) is 3.12. The van der Waals surface area contributed by atoms with Crippen molar-refractivity contribution in [2.24, 2.45) is 0 Å². The number of pyridine rings is 1. The molecule has 0 atom stereocenters. The summed E-state index contributed by atoms with van der Waals surface area (Å²) in [6.07, 6.45) is 5.95. The summed E-state index contributed by atoms with van der Waals surface area (Å²) in [5.74, 6) is -0.00326. The molecular formula is C20H23NO3S. The van der Waals surface area contributed by atoms with Gasteiger partial charge in [-0.25, -0.2) is 4.98 Å². The number of carbonyl (C=O) groups is 1. The van der Waals surface area contributed by atoms with E-state index in [1.807, 2.05) is 48.2 Å². The Hall–Kier alpha value is -2.01. The van der Waals surface area contributed by atoms with Gasteiger partial charge in [0.1, 0.15) is 12.4 Å². The predicted molar refractivity (Wildman–Crippen MR) is 99.1 cm³/mol. The summed E-state index contributed by atoms with van der Waals surface area (Å²) >= 11 is 1.88. The largest absolute Gasteiger partial charge is 0.487 e. The zero-order valence-electron chi connectivity index (χ0n) is 14.2. The van der Waals surface area contributed by atoms with Gasteiger partial charge in [0, 0.05) is 11.7 Å². The predicted octanol–water partition coefficient (Wildman–Crippen LogP) is 4.71. The monoisotopic (exact) mass is 357 g/mol. The van der Waals surface area contributed by atoms with Gasteiger partial charge in [-0.05, 0) is 49.1 Å². The van der Waals surface area contributed by atoms with Gasteiger partial charge in [0.15, 0.2) is 0 Å². The van der Waals surface area contributed by atoms with E-state index < -0.39 is 5.97 Å². The van der Waals surface area contributed by atoms with Crippen molar-refractivity contribution in [2.75, 3.05) is 0 Å². The Bertz CT molecular complexity index is 696. The molecule has 1 saturated carbocycles. The number of hydrogen-bond acceptors (Lipinski definition) is 4. The maximum absolute atomic E-state index is 10.6. The zero-order chi connectivity index (χ0) is 17.5. The van der Waals surface area contributed by atoms with Gasteiger partial charge in [-0.15, -0.1) is 11.8 Å². The third kappa shape index (κ3) is 5.78. The lowest BCUT2D eigenvalue weighted by Gasteiger charge is -2.10. The maximum atomic E-state index is 10.6. The first kappa shape index (κ1) is 17.8. The Labute approximate surface area is 152 Å². The van der Waals surface area contributed by atoms with Crippen molar-refractivity contribution in [2.45, 2.75) is 55.4 Å². The van der Waals surface area contributed by atoms with Crippen LogP contribution in [0.5, 0.6) is 5.75 Å². The molecule has 0 spiro atoms. The number of ether oxygens (including phenoxy) is 1.